The second-order valence-electron chi connectivity index (χ2n) is 7.19. The molecule has 2 aliphatic heterocycles. The molecule has 144 valence electrons. The van der Waals surface area contributed by atoms with E-state index < -0.39 is 5.82 Å². The SMILES string of the molecule is O=C(c1cc(Br)ccc1F)N1CCN(Cc2nnc3n2CCCCC3)CC1. The smallest absolute Gasteiger partial charge is 0.256 e. The standard InChI is InChI=1S/C19H23BrFN5O/c20-14-5-6-16(21)15(12-14)19(27)25-10-8-24(9-11-25)13-18-23-22-17-4-2-1-3-7-26(17)18/h5-6,12H,1-4,7-11,13H2. The summed E-state index contributed by atoms with van der Waals surface area (Å²) in [4.78, 5) is 16.7. The lowest BCUT2D eigenvalue weighted by molar-refractivity contribution is 0.0619. The lowest BCUT2D eigenvalue weighted by atomic mass is 10.1. The maximum atomic E-state index is 14.0. The van der Waals surface area contributed by atoms with Crippen molar-refractivity contribution in [1.82, 2.24) is 24.6 Å². The van der Waals surface area contributed by atoms with Gasteiger partial charge in [-0.05, 0) is 31.0 Å². The van der Waals surface area contributed by atoms with Gasteiger partial charge in [0.15, 0.2) is 0 Å². The number of hydrogen-bond acceptors (Lipinski definition) is 4. The first-order chi connectivity index (χ1) is 13.1. The van der Waals surface area contributed by atoms with Crippen molar-refractivity contribution in [3.8, 4) is 0 Å². The minimum atomic E-state index is -0.475. The van der Waals surface area contributed by atoms with Crippen molar-refractivity contribution in [2.24, 2.45) is 0 Å². The van der Waals surface area contributed by atoms with Crippen LogP contribution in [0.1, 0.15) is 41.3 Å². The number of amides is 1. The highest BCUT2D eigenvalue weighted by Gasteiger charge is 2.25. The highest BCUT2D eigenvalue weighted by molar-refractivity contribution is 9.10. The zero-order chi connectivity index (χ0) is 18.8. The van der Waals surface area contributed by atoms with Gasteiger partial charge >= 0.3 is 0 Å². The van der Waals surface area contributed by atoms with Gasteiger partial charge in [0, 0.05) is 43.6 Å². The van der Waals surface area contributed by atoms with Crippen molar-refractivity contribution in [1.29, 1.82) is 0 Å². The van der Waals surface area contributed by atoms with E-state index in [0.717, 1.165) is 44.2 Å². The number of rotatable bonds is 3. The monoisotopic (exact) mass is 435 g/mol. The number of fused-ring (bicyclic) bond motifs is 1. The highest BCUT2D eigenvalue weighted by atomic mass is 79.9. The summed E-state index contributed by atoms with van der Waals surface area (Å²) in [6, 6.07) is 4.48. The Morgan fingerprint density at radius 2 is 1.89 bits per heavy atom. The first-order valence-corrected chi connectivity index (χ1v) is 10.3. The van der Waals surface area contributed by atoms with Crippen LogP contribution in [-0.2, 0) is 19.5 Å². The summed E-state index contributed by atoms with van der Waals surface area (Å²) in [5.74, 6) is 1.40. The van der Waals surface area contributed by atoms with Gasteiger partial charge in [0.25, 0.3) is 5.91 Å². The van der Waals surface area contributed by atoms with Crippen LogP contribution in [0.2, 0.25) is 0 Å². The molecule has 0 bridgehead atoms. The fourth-order valence-electron chi connectivity index (χ4n) is 3.80. The van der Waals surface area contributed by atoms with Crippen molar-refractivity contribution in [2.75, 3.05) is 26.2 Å². The van der Waals surface area contributed by atoms with Crippen molar-refractivity contribution in [2.45, 2.75) is 38.8 Å². The molecule has 1 amide bonds. The summed E-state index contributed by atoms with van der Waals surface area (Å²) in [5, 5.41) is 8.75. The minimum absolute atomic E-state index is 0.126. The zero-order valence-electron chi connectivity index (χ0n) is 15.2. The van der Waals surface area contributed by atoms with Gasteiger partial charge < -0.3 is 9.47 Å². The van der Waals surface area contributed by atoms with Crippen LogP contribution in [-0.4, -0.2) is 56.7 Å². The van der Waals surface area contributed by atoms with Crippen molar-refractivity contribution in [3.05, 3.63) is 45.7 Å². The molecule has 2 aromatic rings. The predicted molar refractivity (Wildman–Crippen MR) is 103 cm³/mol. The minimum Gasteiger partial charge on any atom is -0.336 e. The van der Waals surface area contributed by atoms with Crippen LogP contribution in [0.4, 0.5) is 4.39 Å². The van der Waals surface area contributed by atoms with Gasteiger partial charge in [0.1, 0.15) is 17.5 Å². The maximum Gasteiger partial charge on any atom is 0.256 e. The molecule has 4 rings (SSSR count). The number of piperazine rings is 1. The molecular weight excluding hydrogens is 413 g/mol. The van der Waals surface area contributed by atoms with E-state index in [0.29, 0.717) is 17.6 Å². The van der Waals surface area contributed by atoms with E-state index in [-0.39, 0.29) is 11.5 Å². The second-order valence-corrected chi connectivity index (χ2v) is 8.10. The average molecular weight is 436 g/mol. The topological polar surface area (TPSA) is 54.3 Å². The van der Waals surface area contributed by atoms with E-state index in [1.165, 1.54) is 25.3 Å². The van der Waals surface area contributed by atoms with Gasteiger partial charge in [-0.3, -0.25) is 9.69 Å². The van der Waals surface area contributed by atoms with Gasteiger partial charge in [-0.1, -0.05) is 22.4 Å². The lowest BCUT2D eigenvalue weighted by Crippen LogP contribution is -2.48. The molecule has 2 aliphatic rings. The highest BCUT2D eigenvalue weighted by Crippen LogP contribution is 2.19. The van der Waals surface area contributed by atoms with E-state index in [4.69, 9.17) is 0 Å². The molecule has 0 N–H and O–H groups in total. The molecule has 8 heteroatoms. The zero-order valence-corrected chi connectivity index (χ0v) is 16.8. The molecule has 3 heterocycles. The molecule has 1 saturated heterocycles. The number of halogens is 2. The van der Waals surface area contributed by atoms with Gasteiger partial charge in [0.2, 0.25) is 0 Å². The first-order valence-electron chi connectivity index (χ1n) is 9.49. The normalized spacial score (nSPS) is 18.2. The van der Waals surface area contributed by atoms with E-state index in [9.17, 15) is 9.18 Å². The van der Waals surface area contributed by atoms with Gasteiger partial charge in [-0.15, -0.1) is 10.2 Å². The Bertz CT molecular complexity index is 832. The van der Waals surface area contributed by atoms with Crippen LogP contribution in [0, 0.1) is 5.82 Å². The molecule has 1 aromatic heterocycles. The number of carbonyl (C=O) groups excluding carboxylic acids is 1. The van der Waals surface area contributed by atoms with Gasteiger partial charge in [-0.25, -0.2) is 4.39 Å². The van der Waals surface area contributed by atoms with Crippen LogP contribution < -0.4 is 0 Å². The molecule has 1 aromatic carbocycles. The van der Waals surface area contributed by atoms with Gasteiger partial charge in [0.05, 0.1) is 12.1 Å². The van der Waals surface area contributed by atoms with E-state index in [2.05, 4.69) is 35.6 Å². The third-order valence-corrected chi connectivity index (χ3v) is 5.86. The third kappa shape index (κ3) is 4.06. The maximum absolute atomic E-state index is 14.0. The lowest BCUT2D eigenvalue weighted by Gasteiger charge is -2.34. The molecule has 0 unspecified atom stereocenters. The summed E-state index contributed by atoms with van der Waals surface area (Å²) in [6.07, 6.45) is 4.62. The van der Waals surface area contributed by atoms with Crippen LogP contribution in [0.3, 0.4) is 0 Å². The van der Waals surface area contributed by atoms with E-state index >= 15 is 0 Å². The average Bonchev–Trinajstić information content (AvgIpc) is 2.90. The summed E-state index contributed by atoms with van der Waals surface area (Å²) < 4.78 is 17.0. The Morgan fingerprint density at radius 3 is 2.70 bits per heavy atom. The molecular formula is C19H23BrFN5O. The van der Waals surface area contributed by atoms with Gasteiger partial charge in [-0.2, -0.15) is 0 Å². The largest absolute Gasteiger partial charge is 0.336 e. The van der Waals surface area contributed by atoms with E-state index in [1.54, 1.807) is 17.0 Å². The number of benzene rings is 1. The number of aryl methyl sites for hydroxylation is 1. The molecule has 0 saturated carbocycles. The summed E-state index contributed by atoms with van der Waals surface area (Å²) in [6.45, 7) is 4.43. The van der Waals surface area contributed by atoms with Crippen molar-refractivity contribution < 1.29 is 9.18 Å². The Morgan fingerprint density at radius 1 is 1.07 bits per heavy atom. The molecule has 6 nitrogen and oxygen atoms in total. The Labute approximate surface area is 166 Å². The number of hydrogen-bond donors (Lipinski definition) is 0. The Balaban J connectivity index is 1.37. The molecule has 0 atom stereocenters. The van der Waals surface area contributed by atoms with Crippen LogP contribution in [0.15, 0.2) is 22.7 Å². The summed E-state index contributed by atoms with van der Waals surface area (Å²) in [7, 11) is 0. The predicted octanol–water partition coefficient (Wildman–Crippen LogP) is 2.86. The van der Waals surface area contributed by atoms with Crippen molar-refractivity contribution >= 4 is 21.8 Å². The third-order valence-electron chi connectivity index (χ3n) is 5.37. The number of aromatic nitrogens is 3. The Kier molecular flexibility index (Phi) is 5.54. The van der Waals surface area contributed by atoms with Crippen LogP contribution in [0.5, 0.6) is 0 Å². The fraction of sp³-hybridized carbons (Fsp3) is 0.526. The van der Waals surface area contributed by atoms with E-state index in [1.807, 2.05) is 0 Å². The Hall–Kier alpha value is -1.80. The van der Waals surface area contributed by atoms with Crippen LogP contribution >= 0.6 is 15.9 Å². The molecule has 27 heavy (non-hydrogen) atoms. The molecule has 0 radical (unpaired) electrons. The molecule has 1 fully saturated rings. The number of nitrogens with zero attached hydrogens (tertiary/aromatic N) is 5. The molecule has 0 spiro atoms. The van der Waals surface area contributed by atoms with Crippen molar-refractivity contribution in [3.63, 3.8) is 0 Å². The second kappa shape index (κ2) is 8.06. The number of carbonyl (C=O) groups is 1. The molecule has 0 aliphatic carbocycles. The van der Waals surface area contributed by atoms with Crippen LogP contribution in [0.25, 0.3) is 0 Å². The first kappa shape index (κ1) is 18.6. The fourth-order valence-corrected chi connectivity index (χ4v) is 4.16. The quantitative estimate of drug-likeness (QED) is 0.743. The summed E-state index contributed by atoms with van der Waals surface area (Å²) in [5.41, 5.74) is 0.126. The summed E-state index contributed by atoms with van der Waals surface area (Å²) >= 11 is 3.31.